The summed E-state index contributed by atoms with van der Waals surface area (Å²) >= 11 is 0. The van der Waals surface area contributed by atoms with E-state index >= 15 is 0 Å². The van der Waals surface area contributed by atoms with Crippen LogP contribution in [0.2, 0.25) is 0 Å². The van der Waals surface area contributed by atoms with Crippen LogP contribution in [0.1, 0.15) is 39.5 Å². The van der Waals surface area contributed by atoms with Crippen molar-refractivity contribution in [1.82, 2.24) is 10.2 Å². The molecule has 0 bridgehead atoms. The fourth-order valence-electron chi connectivity index (χ4n) is 2.34. The molecule has 0 aromatic heterocycles. The monoisotopic (exact) mass is 242 g/mol. The van der Waals surface area contributed by atoms with E-state index < -0.39 is 11.5 Å². The number of hydrogen-bond acceptors (Lipinski definition) is 3. The number of aliphatic carboxylic acids is 1. The fraction of sp³-hybridized carbons (Fsp3) is 0.923. The third-order valence-corrected chi connectivity index (χ3v) is 4.24. The first-order valence-corrected chi connectivity index (χ1v) is 6.66. The van der Waals surface area contributed by atoms with Crippen LogP contribution in [0.15, 0.2) is 0 Å². The minimum atomic E-state index is -0.790. The van der Waals surface area contributed by atoms with Gasteiger partial charge in [0.05, 0.1) is 0 Å². The summed E-state index contributed by atoms with van der Waals surface area (Å²) in [7, 11) is 1.72. The number of nitrogens with one attached hydrogen (secondary N) is 1. The molecular formula is C13H26N2O2. The summed E-state index contributed by atoms with van der Waals surface area (Å²) in [5.74, 6) is 0.116. The predicted octanol–water partition coefficient (Wildman–Crippen LogP) is 1.56. The molecule has 17 heavy (non-hydrogen) atoms. The molecule has 0 spiro atoms. The largest absolute Gasteiger partial charge is 0.480 e. The van der Waals surface area contributed by atoms with Crippen molar-refractivity contribution in [2.24, 2.45) is 5.92 Å². The predicted molar refractivity (Wildman–Crippen MR) is 69.2 cm³/mol. The smallest absolute Gasteiger partial charge is 0.323 e. The number of likely N-dealkylation sites (tertiary alicyclic amines) is 1. The molecular weight excluding hydrogens is 216 g/mol. The Morgan fingerprint density at radius 1 is 1.47 bits per heavy atom. The standard InChI is InChI=1S/C13H26N2O2/c1-4-11-5-8-15(9-6-11)10-7-13(2,14-3)12(16)17/h11,14H,4-10H2,1-3H3,(H,16,17). The van der Waals surface area contributed by atoms with Crippen LogP contribution in [0.3, 0.4) is 0 Å². The maximum absolute atomic E-state index is 11.1. The van der Waals surface area contributed by atoms with Gasteiger partial charge in [-0.05, 0) is 52.2 Å². The SMILES string of the molecule is CCC1CCN(CCC(C)(NC)C(=O)O)CC1. The third kappa shape index (κ3) is 3.96. The highest BCUT2D eigenvalue weighted by atomic mass is 16.4. The topological polar surface area (TPSA) is 52.6 Å². The Labute approximate surface area is 104 Å². The summed E-state index contributed by atoms with van der Waals surface area (Å²) < 4.78 is 0. The highest BCUT2D eigenvalue weighted by Crippen LogP contribution is 2.21. The second-order valence-electron chi connectivity index (χ2n) is 5.33. The average molecular weight is 242 g/mol. The molecule has 0 aromatic carbocycles. The molecule has 1 atom stereocenters. The van der Waals surface area contributed by atoms with E-state index in [2.05, 4.69) is 17.1 Å². The zero-order valence-electron chi connectivity index (χ0n) is 11.3. The van der Waals surface area contributed by atoms with Crippen molar-refractivity contribution in [2.45, 2.75) is 45.1 Å². The van der Waals surface area contributed by atoms with Crippen LogP contribution < -0.4 is 5.32 Å². The Balaban J connectivity index is 2.34. The van der Waals surface area contributed by atoms with E-state index in [9.17, 15) is 4.79 Å². The number of rotatable bonds is 6. The molecule has 0 radical (unpaired) electrons. The maximum atomic E-state index is 11.1. The summed E-state index contributed by atoms with van der Waals surface area (Å²) in [5, 5.41) is 12.1. The quantitative estimate of drug-likeness (QED) is 0.742. The lowest BCUT2D eigenvalue weighted by atomic mass is 9.93. The molecule has 4 heteroatoms. The van der Waals surface area contributed by atoms with Gasteiger partial charge in [-0.1, -0.05) is 13.3 Å². The number of piperidine rings is 1. The summed E-state index contributed by atoms with van der Waals surface area (Å²) in [5.41, 5.74) is -0.790. The molecule has 1 saturated heterocycles. The van der Waals surface area contributed by atoms with E-state index in [4.69, 9.17) is 5.11 Å². The molecule has 0 saturated carbocycles. The first-order chi connectivity index (χ1) is 8.01. The minimum Gasteiger partial charge on any atom is -0.480 e. The second kappa shape index (κ2) is 6.36. The molecule has 4 nitrogen and oxygen atoms in total. The van der Waals surface area contributed by atoms with Gasteiger partial charge in [0.25, 0.3) is 0 Å². The van der Waals surface area contributed by atoms with Crippen molar-refractivity contribution in [3.63, 3.8) is 0 Å². The number of hydrogen-bond donors (Lipinski definition) is 2. The van der Waals surface area contributed by atoms with Gasteiger partial charge in [0.15, 0.2) is 0 Å². The van der Waals surface area contributed by atoms with Crippen LogP contribution in [-0.4, -0.2) is 48.2 Å². The van der Waals surface area contributed by atoms with Crippen LogP contribution >= 0.6 is 0 Å². The van der Waals surface area contributed by atoms with Crippen LogP contribution in [0, 0.1) is 5.92 Å². The van der Waals surface area contributed by atoms with Crippen molar-refractivity contribution in [3.05, 3.63) is 0 Å². The molecule has 0 aliphatic carbocycles. The lowest BCUT2D eigenvalue weighted by Gasteiger charge is -2.34. The maximum Gasteiger partial charge on any atom is 0.323 e. The molecule has 1 aliphatic rings. The number of likely N-dealkylation sites (N-methyl/N-ethyl adjacent to an activating group) is 1. The van der Waals surface area contributed by atoms with Crippen molar-refractivity contribution >= 4 is 5.97 Å². The molecule has 1 rings (SSSR count). The lowest BCUT2D eigenvalue weighted by molar-refractivity contribution is -0.144. The second-order valence-corrected chi connectivity index (χ2v) is 5.33. The van der Waals surface area contributed by atoms with Gasteiger partial charge >= 0.3 is 5.97 Å². The zero-order chi connectivity index (χ0) is 12.9. The molecule has 2 N–H and O–H groups in total. The van der Waals surface area contributed by atoms with E-state index in [0.717, 1.165) is 25.6 Å². The van der Waals surface area contributed by atoms with E-state index in [1.54, 1.807) is 14.0 Å². The number of carbonyl (C=O) groups is 1. The Kier molecular flexibility index (Phi) is 5.40. The Bertz CT molecular complexity index is 250. The Hall–Kier alpha value is -0.610. The molecule has 1 heterocycles. The van der Waals surface area contributed by atoms with Gasteiger partial charge in [0.2, 0.25) is 0 Å². The van der Waals surface area contributed by atoms with E-state index in [1.165, 1.54) is 19.3 Å². The zero-order valence-corrected chi connectivity index (χ0v) is 11.3. The van der Waals surface area contributed by atoms with Gasteiger partial charge in [-0.2, -0.15) is 0 Å². The molecule has 1 aliphatic heterocycles. The van der Waals surface area contributed by atoms with E-state index in [0.29, 0.717) is 6.42 Å². The van der Waals surface area contributed by atoms with E-state index in [1.807, 2.05) is 0 Å². The molecule has 1 unspecified atom stereocenters. The first kappa shape index (κ1) is 14.5. The van der Waals surface area contributed by atoms with Gasteiger partial charge in [-0.25, -0.2) is 0 Å². The van der Waals surface area contributed by atoms with Crippen LogP contribution in [0.5, 0.6) is 0 Å². The van der Waals surface area contributed by atoms with Gasteiger partial charge in [0.1, 0.15) is 5.54 Å². The van der Waals surface area contributed by atoms with Crippen molar-refractivity contribution in [1.29, 1.82) is 0 Å². The van der Waals surface area contributed by atoms with Gasteiger partial charge in [0, 0.05) is 6.54 Å². The Morgan fingerprint density at radius 2 is 2.06 bits per heavy atom. The van der Waals surface area contributed by atoms with Crippen LogP contribution in [-0.2, 0) is 4.79 Å². The molecule has 0 aromatic rings. The average Bonchev–Trinajstić information content (AvgIpc) is 2.36. The number of carboxylic acids is 1. The van der Waals surface area contributed by atoms with Crippen molar-refractivity contribution in [3.8, 4) is 0 Å². The van der Waals surface area contributed by atoms with Gasteiger partial charge in [-0.15, -0.1) is 0 Å². The minimum absolute atomic E-state index is 0.662. The number of carboxylic acid groups (broad SMARTS) is 1. The Morgan fingerprint density at radius 3 is 2.47 bits per heavy atom. The fourth-order valence-corrected chi connectivity index (χ4v) is 2.34. The summed E-state index contributed by atoms with van der Waals surface area (Å²) in [4.78, 5) is 13.5. The first-order valence-electron chi connectivity index (χ1n) is 6.66. The van der Waals surface area contributed by atoms with Gasteiger partial charge in [-0.3, -0.25) is 4.79 Å². The van der Waals surface area contributed by atoms with Crippen LogP contribution in [0.4, 0.5) is 0 Å². The van der Waals surface area contributed by atoms with Crippen molar-refractivity contribution < 1.29 is 9.90 Å². The van der Waals surface area contributed by atoms with Crippen molar-refractivity contribution in [2.75, 3.05) is 26.7 Å². The molecule has 100 valence electrons. The van der Waals surface area contributed by atoms with Crippen LogP contribution in [0.25, 0.3) is 0 Å². The number of nitrogens with zero attached hydrogens (tertiary/aromatic N) is 1. The summed E-state index contributed by atoms with van der Waals surface area (Å²) in [6, 6.07) is 0. The highest BCUT2D eigenvalue weighted by molar-refractivity contribution is 5.78. The third-order valence-electron chi connectivity index (χ3n) is 4.24. The summed E-state index contributed by atoms with van der Waals surface area (Å²) in [6.07, 6.45) is 4.46. The summed E-state index contributed by atoms with van der Waals surface area (Å²) in [6.45, 7) is 7.13. The van der Waals surface area contributed by atoms with Gasteiger partial charge < -0.3 is 15.3 Å². The van der Waals surface area contributed by atoms with E-state index in [-0.39, 0.29) is 0 Å². The normalized spacial score (nSPS) is 22.3. The molecule has 1 fully saturated rings. The highest BCUT2D eigenvalue weighted by Gasteiger charge is 2.31. The lowest BCUT2D eigenvalue weighted by Crippen LogP contribution is -2.50. The molecule has 0 amide bonds.